The summed E-state index contributed by atoms with van der Waals surface area (Å²) >= 11 is 0. The fraction of sp³-hybridized carbons (Fsp3) is 0.375. The van der Waals surface area contributed by atoms with Crippen LogP contribution in [-0.4, -0.2) is 75.3 Å². The molecule has 0 spiro atoms. The number of carbonyl (C=O) groups is 2. The maximum absolute atomic E-state index is 11.1. The fourth-order valence-electron chi connectivity index (χ4n) is 2.33. The van der Waals surface area contributed by atoms with Crippen molar-refractivity contribution >= 4 is 18.0 Å². The summed E-state index contributed by atoms with van der Waals surface area (Å²) in [7, 11) is 1.32. The van der Waals surface area contributed by atoms with Crippen LogP contribution >= 0.6 is 0 Å². The van der Waals surface area contributed by atoms with Crippen molar-refractivity contribution in [3.63, 3.8) is 0 Å². The minimum Gasteiger partial charge on any atom is -0.493 e. The van der Waals surface area contributed by atoms with E-state index >= 15 is 0 Å². The van der Waals surface area contributed by atoms with E-state index in [1.807, 2.05) is 0 Å². The van der Waals surface area contributed by atoms with Crippen LogP contribution in [0.15, 0.2) is 24.3 Å². The van der Waals surface area contributed by atoms with Crippen LogP contribution in [0.3, 0.4) is 0 Å². The van der Waals surface area contributed by atoms with Gasteiger partial charge in [0.2, 0.25) is 6.29 Å². The van der Waals surface area contributed by atoms with Crippen molar-refractivity contribution in [2.24, 2.45) is 0 Å². The van der Waals surface area contributed by atoms with Crippen LogP contribution in [0.5, 0.6) is 11.5 Å². The van der Waals surface area contributed by atoms with Crippen molar-refractivity contribution in [3.8, 4) is 11.5 Å². The molecule has 2 rings (SSSR count). The van der Waals surface area contributed by atoms with E-state index in [-0.39, 0.29) is 11.5 Å². The van der Waals surface area contributed by atoms with Gasteiger partial charge in [-0.05, 0) is 23.8 Å². The van der Waals surface area contributed by atoms with E-state index in [1.165, 1.54) is 31.4 Å². The number of rotatable bonds is 6. The molecule has 142 valence electrons. The number of ether oxygens (including phenoxy) is 3. The minimum atomic E-state index is -1.83. The third-order valence-corrected chi connectivity index (χ3v) is 3.66. The second kappa shape index (κ2) is 8.15. The molecule has 10 heteroatoms. The number of hydrogen-bond donors (Lipinski definition) is 5. The van der Waals surface area contributed by atoms with Gasteiger partial charge in [0.15, 0.2) is 17.6 Å². The summed E-state index contributed by atoms with van der Waals surface area (Å²) in [4.78, 5) is 21.7. The van der Waals surface area contributed by atoms with Crippen molar-refractivity contribution in [1.29, 1.82) is 0 Å². The average Bonchev–Trinajstić information content (AvgIpc) is 2.60. The molecule has 1 heterocycles. The van der Waals surface area contributed by atoms with Crippen LogP contribution in [0, 0.1) is 0 Å². The van der Waals surface area contributed by atoms with Crippen molar-refractivity contribution in [3.05, 3.63) is 29.8 Å². The highest BCUT2D eigenvalue weighted by atomic mass is 16.7. The lowest BCUT2D eigenvalue weighted by Crippen LogP contribution is -2.61. The number of carboxylic acid groups (broad SMARTS) is 2. The molecule has 0 aromatic heterocycles. The summed E-state index contributed by atoms with van der Waals surface area (Å²) in [5.74, 6) is -2.45. The third-order valence-electron chi connectivity index (χ3n) is 3.66. The maximum Gasteiger partial charge on any atom is 0.335 e. The number of methoxy groups -OCH3 is 1. The zero-order chi connectivity index (χ0) is 19.4. The summed E-state index contributed by atoms with van der Waals surface area (Å²) in [5.41, 5.74) is 0.487. The zero-order valence-corrected chi connectivity index (χ0v) is 13.6. The van der Waals surface area contributed by atoms with Gasteiger partial charge in [-0.3, -0.25) is 0 Å². The second-order valence-corrected chi connectivity index (χ2v) is 5.43. The van der Waals surface area contributed by atoms with Crippen LogP contribution in [-0.2, 0) is 14.3 Å². The zero-order valence-electron chi connectivity index (χ0n) is 13.6. The number of aliphatic hydroxyl groups is 3. The van der Waals surface area contributed by atoms with Crippen LogP contribution < -0.4 is 9.47 Å². The summed E-state index contributed by atoms with van der Waals surface area (Å²) in [5, 5.41) is 47.1. The monoisotopic (exact) mass is 370 g/mol. The first kappa shape index (κ1) is 19.7. The number of aliphatic carboxylic acids is 2. The molecule has 0 amide bonds. The van der Waals surface area contributed by atoms with Crippen LogP contribution in [0.4, 0.5) is 0 Å². The topological polar surface area (TPSA) is 163 Å². The van der Waals surface area contributed by atoms with E-state index in [9.17, 15) is 24.9 Å². The van der Waals surface area contributed by atoms with Crippen LogP contribution in [0.1, 0.15) is 5.56 Å². The molecule has 1 aliphatic heterocycles. The normalized spacial score (nSPS) is 28.7. The van der Waals surface area contributed by atoms with E-state index in [4.69, 9.17) is 24.4 Å². The Morgan fingerprint density at radius 1 is 1.08 bits per heavy atom. The molecule has 5 N–H and O–H groups in total. The molecule has 1 saturated heterocycles. The SMILES string of the molecule is COc1cc(/C=C/C(=O)O)ccc1O[C@@H]1OC(C(=O)O)[C@@H](O)C(O)C1O. The molecule has 0 radical (unpaired) electrons. The summed E-state index contributed by atoms with van der Waals surface area (Å²) in [6, 6.07) is 4.33. The first-order chi connectivity index (χ1) is 12.2. The molecular formula is C16H18O10. The molecule has 5 atom stereocenters. The van der Waals surface area contributed by atoms with E-state index in [2.05, 4.69) is 0 Å². The number of benzene rings is 1. The maximum atomic E-state index is 11.1. The summed E-state index contributed by atoms with van der Waals surface area (Å²) in [6.07, 6.45) is -6.45. The highest BCUT2D eigenvalue weighted by Gasteiger charge is 2.48. The Balaban J connectivity index is 2.23. The smallest absolute Gasteiger partial charge is 0.335 e. The fourth-order valence-corrected chi connectivity index (χ4v) is 2.33. The molecule has 26 heavy (non-hydrogen) atoms. The molecule has 1 aromatic carbocycles. The highest BCUT2D eigenvalue weighted by molar-refractivity contribution is 5.85. The first-order valence-corrected chi connectivity index (χ1v) is 7.42. The van der Waals surface area contributed by atoms with E-state index in [0.29, 0.717) is 5.56 Å². The Morgan fingerprint density at radius 2 is 1.77 bits per heavy atom. The van der Waals surface area contributed by atoms with Gasteiger partial charge in [0, 0.05) is 6.08 Å². The van der Waals surface area contributed by atoms with Crippen LogP contribution in [0.25, 0.3) is 6.08 Å². The molecule has 0 aliphatic carbocycles. The van der Waals surface area contributed by atoms with Gasteiger partial charge in [0.1, 0.15) is 18.3 Å². The predicted octanol–water partition coefficient (Wildman–Crippen LogP) is -0.936. The molecule has 3 unspecified atom stereocenters. The van der Waals surface area contributed by atoms with Crippen molar-refractivity contribution < 1.29 is 49.3 Å². The van der Waals surface area contributed by atoms with Gasteiger partial charge >= 0.3 is 11.9 Å². The molecular weight excluding hydrogens is 352 g/mol. The van der Waals surface area contributed by atoms with Crippen LogP contribution in [0.2, 0.25) is 0 Å². The molecule has 1 aliphatic rings. The lowest BCUT2D eigenvalue weighted by molar-refractivity contribution is -0.271. The van der Waals surface area contributed by atoms with Gasteiger partial charge in [-0.2, -0.15) is 0 Å². The Labute approximate surface area is 147 Å². The molecule has 10 nitrogen and oxygen atoms in total. The van der Waals surface area contributed by atoms with Gasteiger partial charge in [-0.15, -0.1) is 0 Å². The largest absolute Gasteiger partial charge is 0.493 e. The average molecular weight is 370 g/mol. The van der Waals surface area contributed by atoms with Gasteiger partial charge in [0.25, 0.3) is 0 Å². The lowest BCUT2D eigenvalue weighted by atomic mass is 9.99. The lowest BCUT2D eigenvalue weighted by Gasteiger charge is -2.38. The number of carboxylic acids is 2. The standard InChI is InChI=1S/C16H18O10/c1-24-9-6-7(3-5-10(17)18)2-4-8(9)25-16-13(21)11(19)12(20)14(26-16)15(22)23/h2-6,11-14,16,19-21H,1H3,(H,17,18)(H,22,23)/b5-3+/t11?,12-,13?,14?,16+/m0/s1. The Morgan fingerprint density at radius 3 is 2.35 bits per heavy atom. The first-order valence-electron chi connectivity index (χ1n) is 7.42. The summed E-state index contributed by atoms with van der Waals surface area (Å²) in [6.45, 7) is 0. The van der Waals surface area contributed by atoms with E-state index in [1.54, 1.807) is 0 Å². The highest BCUT2D eigenvalue weighted by Crippen LogP contribution is 2.32. The Hall–Kier alpha value is -2.66. The predicted molar refractivity (Wildman–Crippen MR) is 84.6 cm³/mol. The quantitative estimate of drug-likeness (QED) is 0.395. The molecule has 0 saturated carbocycles. The van der Waals surface area contributed by atoms with Gasteiger partial charge in [-0.25, -0.2) is 9.59 Å². The number of aliphatic hydroxyl groups excluding tert-OH is 3. The number of hydrogen-bond acceptors (Lipinski definition) is 8. The Bertz CT molecular complexity index is 700. The summed E-state index contributed by atoms with van der Waals surface area (Å²) < 4.78 is 15.5. The van der Waals surface area contributed by atoms with Crippen molar-refractivity contribution in [2.75, 3.05) is 7.11 Å². The Kier molecular flexibility index (Phi) is 6.16. The third kappa shape index (κ3) is 4.29. The second-order valence-electron chi connectivity index (χ2n) is 5.43. The molecule has 1 aromatic rings. The molecule has 1 fully saturated rings. The van der Waals surface area contributed by atoms with E-state index in [0.717, 1.165) is 6.08 Å². The van der Waals surface area contributed by atoms with Gasteiger partial charge in [0.05, 0.1) is 7.11 Å². The van der Waals surface area contributed by atoms with Gasteiger partial charge < -0.3 is 39.7 Å². The molecule has 0 bridgehead atoms. The van der Waals surface area contributed by atoms with E-state index < -0.39 is 42.6 Å². The van der Waals surface area contributed by atoms with Gasteiger partial charge in [-0.1, -0.05) is 6.07 Å². The van der Waals surface area contributed by atoms with Crippen molar-refractivity contribution in [1.82, 2.24) is 0 Å². The van der Waals surface area contributed by atoms with Crippen molar-refractivity contribution in [2.45, 2.75) is 30.7 Å². The minimum absolute atomic E-state index is 0.0525.